The van der Waals surface area contributed by atoms with Crippen LogP contribution in [0.2, 0.25) is 0 Å². The van der Waals surface area contributed by atoms with Gasteiger partial charge in [-0.15, -0.1) is 0 Å². The molecule has 1 unspecified atom stereocenters. The van der Waals surface area contributed by atoms with Crippen molar-refractivity contribution in [3.63, 3.8) is 0 Å². The second-order valence-electron chi connectivity index (χ2n) is 16.0. The van der Waals surface area contributed by atoms with E-state index < -0.39 is 12.6 Å². The van der Waals surface area contributed by atoms with Crippen molar-refractivity contribution >= 4 is 11.9 Å². The Morgan fingerprint density at radius 3 is 1.98 bits per heavy atom. The molecule has 0 aromatic carbocycles. The topological polar surface area (TPSA) is 72.8 Å². The Kier molecular flexibility index (Phi) is 18.3. The summed E-state index contributed by atoms with van der Waals surface area (Å²) < 4.78 is 10.9. The lowest BCUT2D eigenvalue weighted by Crippen LogP contribution is -2.31. The first-order valence-corrected chi connectivity index (χ1v) is 19.7. The molecular formula is C43H70O5. The van der Waals surface area contributed by atoms with Crippen molar-refractivity contribution in [1.29, 1.82) is 0 Å². The number of carbonyl (C=O) groups is 2. The van der Waals surface area contributed by atoms with Gasteiger partial charge in [0.25, 0.3) is 0 Å². The van der Waals surface area contributed by atoms with Crippen molar-refractivity contribution in [2.24, 2.45) is 41.4 Å². The van der Waals surface area contributed by atoms with E-state index in [4.69, 9.17) is 14.6 Å². The summed E-state index contributed by atoms with van der Waals surface area (Å²) in [6, 6.07) is 0. The fourth-order valence-electron chi connectivity index (χ4n) is 8.78. The van der Waals surface area contributed by atoms with Crippen molar-refractivity contribution in [2.75, 3.05) is 19.8 Å². The van der Waals surface area contributed by atoms with Crippen LogP contribution >= 0.6 is 0 Å². The van der Waals surface area contributed by atoms with Crippen LogP contribution in [0.4, 0.5) is 0 Å². The molecule has 0 aliphatic heterocycles. The molecule has 0 amide bonds. The molecule has 0 spiro atoms. The van der Waals surface area contributed by atoms with E-state index in [9.17, 15) is 9.59 Å². The highest BCUT2D eigenvalue weighted by Gasteiger charge is 2.34. The second kappa shape index (κ2) is 21.8. The first-order chi connectivity index (χ1) is 23.1. The second-order valence-corrected chi connectivity index (χ2v) is 16.0. The third kappa shape index (κ3) is 14.0. The Labute approximate surface area is 294 Å². The maximum Gasteiger partial charge on any atom is 0.335 e. The number of carbonyl (C=O) groups excluding carboxylic acids is 2. The van der Waals surface area contributed by atoms with Gasteiger partial charge in [-0.3, -0.25) is 0 Å². The lowest BCUT2D eigenvalue weighted by Gasteiger charge is -2.39. The molecule has 272 valence electrons. The number of rotatable bonds is 19. The van der Waals surface area contributed by atoms with Gasteiger partial charge in [-0.2, -0.15) is 0 Å². The molecule has 5 heteroatoms. The quantitative estimate of drug-likeness (QED) is 0.0643. The molecule has 3 aliphatic rings. The van der Waals surface area contributed by atoms with E-state index in [0.717, 1.165) is 42.4 Å². The maximum atomic E-state index is 12.1. The number of hydrogen-bond donors (Lipinski definition) is 1. The molecule has 48 heavy (non-hydrogen) atoms. The Morgan fingerprint density at radius 1 is 0.771 bits per heavy atom. The van der Waals surface area contributed by atoms with Gasteiger partial charge < -0.3 is 14.6 Å². The van der Waals surface area contributed by atoms with E-state index in [1.54, 1.807) is 18.1 Å². The van der Waals surface area contributed by atoms with Crippen molar-refractivity contribution in [2.45, 2.75) is 150 Å². The largest absolute Gasteiger partial charge is 0.462 e. The Morgan fingerprint density at radius 2 is 1.38 bits per heavy atom. The Bertz CT molecular complexity index is 1060. The minimum absolute atomic E-state index is 0.0603. The smallest absolute Gasteiger partial charge is 0.335 e. The number of aliphatic hydroxyl groups is 1. The summed E-state index contributed by atoms with van der Waals surface area (Å²) in [7, 11) is 0. The molecule has 0 aromatic rings. The first-order valence-electron chi connectivity index (χ1n) is 19.7. The minimum Gasteiger partial charge on any atom is -0.462 e. The highest BCUT2D eigenvalue weighted by Crippen LogP contribution is 2.44. The molecule has 1 atom stereocenters. The predicted molar refractivity (Wildman–Crippen MR) is 198 cm³/mol. The number of allylic oxidation sites excluding steroid dienone is 4. The zero-order valence-electron chi connectivity index (χ0n) is 31.2. The lowest BCUT2D eigenvalue weighted by atomic mass is 9.67. The average Bonchev–Trinajstić information content (AvgIpc) is 3.11. The lowest BCUT2D eigenvalue weighted by molar-refractivity contribution is -0.144. The minimum atomic E-state index is -0.562. The number of ether oxygens (including phenoxy) is 2. The van der Waals surface area contributed by atoms with E-state index >= 15 is 0 Å². The van der Waals surface area contributed by atoms with Gasteiger partial charge >= 0.3 is 11.9 Å². The summed E-state index contributed by atoms with van der Waals surface area (Å²) in [6.07, 6.45) is 29.6. The molecular weight excluding hydrogens is 596 g/mol. The van der Waals surface area contributed by atoms with Crippen LogP contribution in [-0.2, 0) is 19.1 Å². The molecule has 0 heterocycles. The Balaban J connectivity index is 1.37. The van der Waals surface area contributed by atoms with Crippen LogP contribution in [0.1, 0.15) is 150 Å². The van der Waals surface area contributed by atoms with Crippen molar-refractivity contribution in [3.05, 3.63) is 47.6 Å². The summed E-state index contributed by atoms with van der Waals surface area (Å²) in [5.74, 6) is 3.96. The van der Waals surface area contributed by atoms with Crippen LogP contribution in [0.15, 0.2) is 47.6 Å². The highest BCUT2D eigenvalue weighted by molar-refractivity contribution is 5.88. The van der Waals surface area contributed by atoms with Gasteiger partial charge in [-0.05, 0) is 146 Å². The molecule has 0 bridgehead atoms. The molecule has 3 aliphatic carbocycles. The van der Waals surface area contributed by atoms with Gasteiger partial charge in [0.05, 0.1) is 25.4 Å². The summed E-state index contributed by atoms with van der Waals surface area (Å²) in [5.41, 5.74) is 3.60. The molecule has 1 N–H and O–H groups in total. The Hall–Kier alpha value is -2.14. The van der Waals surface area contributed by atoms with Crippen LogP contribution < -0.4 is 0 Å². The van der Waals surface area contributed by atoms with Gasteiger partial charge in [-0.25, -0.2) is 9.59 Å². The molecule has 3 saturated carbocycles. The third-order valence-electron chi connectivity index (χ3n) is 12.3. The SMILES string of the molecule is C=C(C)C(=O)OCC(CCOC(=O)C(=C)CO)C1CCC(C2CCC(CC/C(C)=C/C=C(\C)C3CCC(CCCCC)CC3)CC2)CC1. The van der Waals surface area contributed by atoms with Gasteiger partial charge in [0, 0.05) is 5.57 Å². The third-order valence-corrected chi connectivity index (χ3v) is 12.3. The van der Waals surface area contributed by atoms with Crippen LogP contribution in [0.25, 0.3) is 0 Å². The van der Waals surface area contributed by atoms with E-state index in [0.29, 0.717) is 24.5 Å². The highest BCUT2D eigenvalue weighted by atomic mass is 16.5. The summed E-state index contributed by atoms with van der Waals surface area (Å²) in [5, 5.41) is 9.14. The van der Waals surface area contributed by atoms with Crippen LogP contribution in [-0.4, -0.2) is 36.9 Å². The van der Waals surface area contributed by atoms with Gasteiger partial charge in [0.2, 0.25) is 0 Å². The first kappa shape index (κ1) is 40.3. The van der Waals surface area contributed by atoms with Crippen molar-refractivity contribution in [1.82, 2.24) is 0 Å². The zero-order chi connectivity index (χ0) is 34.9. The van der Waals surface area contributed by atoms with Crippen LogP contribution in [0.5, 0.6) is 0 Å². The maximum absolute atomic E-state index is 12.1. The monoisotopic (exact) mass is 667 g/mol. The van der Waals surface area contributed by atoms with E-state index in [2.05, 4.69) is 46.1 Å². The summed E-state index contributed by atoms with van der Waals surface area (Å²) in [4.78, 5) is 24.1. The van der Waals surface area contributed by atoms with Crippen molar-refractivity contribution < 1.29 is 24.2 Å². The molecule has 3 rings (SSSR count). The molecule has 0 radical (unpaired) electrons. The van der Waals surface area contributed by atoms with E-state index in [-0.39, 0.29) is 24.1 Å². The van der Waals surface area contributed by atoms with Crippen LogP contribution in [0.3, 0.4) is 0 Å². The fraction of sp³-hybridized carbons (Fsp3) is 0.767. The number of aliphatic hydroxyl groups excluding tert-OH is 1. The number of unbranched alkanes of at least 4 members (excludes halogenated alkanes) is 2. The fourth-order valence-corrected chi connectivity index (χ4v) is 8.78. The van der Waals surface area contributed by atoms with Crippen molar-refractivity contribution in [3.8, 4) is 0 Å². The predicted octanol–water partition coefficient (Wildman–Crippen LogP) is 10.9. The molecule has 0 aromatic heterocycles. The van der Waals surface area contributed by atoms with Gasteiger partial charge in [0.15, 0.2) is 0 Å². The van der Waals surface area contributed by atoms with E-state index in [1.165, 1.54) is 103 Å². The zero-order valence-corrected chi connectivity index (χ0v) is 31.2. The molecule has 0 saturated heterocycles. The number of esters is 2. The molecule has 3 fully saturated rings. The van der Waals surface area contributed by atoms with E-state index in [1.807, 2.05) is 0 Å². The van der Waals surface area contributed by atoms with Crippen LogP contribution in [0, 0.1) is 41.4 Å². The van der Waals surface area contributed by atoms with Gasteiger partial charge in [0.1, 0.15) is 0 Å². The summed E-state index contributed by atoms with van der Waals surface area (Å²) in [6.45, 7) is 16.1. The number of hydrogen-bond acceptors (Lipinski definition) is 5. The van der Waals surface area contributed by atoms with Gasteiger partial charge in [-0.1, -0.05) is 81.9 Å². The molecule has 5 nitrogen and oxygen atoms in total. The average molecular weight is 667 g/mol. The summed E-state index contributed by atoms with van der Waals surface area (Å²) >= 11 is 0. The standard InChI is InChI=1S/C43H70O5/c1-7-8-9-10-35-15-19-37(20-16-35)33(5)13-11-32(4)12-14-36-17-21-38(22-18-36)39-23-25-40(26-24-39)41(30-48-42(45)31(2)3)27-28-47-43(46)34(6)29-44/h11,13,35-41,44H,2,6-10,12,14-30H2,1,3-5H3/b32-11+,33-13+. The normalized spacial score (nSPS) is 27.6.